The number of hydrogen-bond donors (Lipinski definition) is 3. The van der Waals surface area contributed by atoms with Gasteiger partial charge >= 0.3 is 6.03 Å². The normalized spacial score (nSPS) is 14.6. The lowest BCUT2D eigenvalue weighted by molar-refractivity contribution is -0.131. The average Bonchev–Trinajstić information content (AvgIpc) is 2.58. The molecule has 2 rings (SSSR count). The zero-order valence-electron chi connectivity index (χ0n) is 15.0. The summed E-state index contributed by atoms with van der Waals surface area (Å²) in [6, 6.07) is 7.20. The second kappa shape index (κ2) is 10.9. The van der Waals surface area contributed by atoms with Crippen molar-refractivity contribution in [2.75, 3.05) is 38.0 Å². The number of hydrogen-bond acceptors (Lipinski definition) is 3. The molecule has 0 atom stereocenters. The number of amides is 3. The fourth-order valence-electron chi connectivity index (χ4n) is 2.90. The van der Waals surface area contributed by atoms with Gasteiger partial charge in [-0.05, 0) is 56.5 Å². The van der Waals surface area contributed by atoms with Gasteiger partial charge in [0.05, 0.1) is 6.54 Å². The van der Waals surface area contributed by atoms with E-state index in [1.807, 2.05) is 36.1 Å². The summed E-state index contributed by atoms with van der Waals surface area (Å²) in [5.74, 6) is 0.628. The Morgan fingerprint density at radius 2 is 1.96 bits per heavy atom. The summed E-state index contributed by atoms with van der Waals surface area (Å²) in [6.07, 6.45) is 2.04. The Balaban J connectivity index is 0.00000312. The third kappa shape index (κ3) is 7.32. The summed E-state index contributed by atoms with van der Waals surface area (Å²) in [7, 11) is 0. The molecule has 1 aliphatic heterocycles. The molecule has 0 bridgehead atoms. The van der Waals surface area contributed by atoms with Crippen LogP contribution in [0.5, 0.6) is 0 Å². The lowest BCUT2D eigenvalue weighted by atomic mass is 9.97. The van der Waals surface area contributed by atoms with Crippen LogP contribution in [-0.4, -0.2) is 49.6 Å². The Morgan fingerprint density at radius 3 is 2.60 bits per heavy atom. The highest BCUT2D eigenvalue weighted by Gasteiger charge is 2.22. The summed E-state index contributed by atoms with van der Waals surface area (Å²) in [6.45, 7) is 7.66. The molecule has 1 heterocycles. The number of piperidine rings is 1. The number of likely N-dealkylation sites (tertiary alicyclic amines) is 1. The van der Waals surface area contributed by atoms with Crippen molar-refractivity contribution in [3.05, 3.63) is 29.8 Å². The van der Waals surface area contributed by atoms with E-state index in [2.05, 4.69) is 22.9 Å². The van der Waals surface area contributed by atoms with Gasteiger partial charge in [-0.3, -0.25) is 4.79 Å². The zero-order chi connectivity index (χ0) is 17.4. The van der Waals surface area contributed by atoms with E-state index in [4.69, 9.17) is 0 Å². The van der Waals surface area contributed by atoms with Crippen molar-refractivity contribution in [3.63, 3.8) is 0 Å². The SMILES string of the molecule is CCNCC1CCN(C(=O)CNC(=O)Nc2cccc(C)c2)CC1.Cl. The largest absolute Gasteiger partial charge is 0.341 e. The molecular weight excluding hydrogens is 340 g/mol. The lowest BCUT2D eigenvalue weighted by Gasteiger charge is -2.32. The van der Waals surface area contributed by atoms with Crippen LogP contribution < -0.4 is 16.0 Å². The molecule has 1 aliphatic rings. The highest BCUT2D eigenvalue weighted by atomic mass is 35.5. The summed E-state index contributed by atoms with van der Waals surface area (Å²) in [5.41, 5.74) is 1.80. The summed E-state index contributed by atoms with van der Waals surface area (Å²) >= 11 is 0. The molecule has 3 N–H and O–H groups in total. The Labute approximate surface area is 156 Å². The Morgan fingerprint density at radius 1 is 1.24 bits per heavy atom. The van der Waals surface area contributed by atoms with Gasteiger partial charge in [-0.2, -0.15) is 0 Å². The number of nitrogens with zero attached hydrogens (tertiary/aromatic N) is 1. The quantitative estimate of drug-likeness (QED) is 0.721. The molecule has 0 aromatic heterocycles. The predicted molar refractivity (Wildman–Crippen MR) is 103 cm³/mol. The number of carbonyl (C=O) groups is 2. The van der Waals surface area contributed by atoms with Crippen molar-refractivity contribution in [1.29, 1.82) is 0 Å². The van der Waals surface area contributed by atoms with Crippen molar-refractivity contribution in [3.8, 4) is 0 Å². The van der Waals surface area contributed by atoms with E-state index in [1.54, 1.807) is 0 Å². The lowest BCUT2D eigenvalue weighted by Crippen LogP contribution is -2.45. The molecular formula is C18H29ClN4O2. The fourth-order valence-corrected chi connectivity index (χ4v) is 2.90. The molecule has 0 unspecified atom stereocenters. The molecule has 7 heteroatoms. The van der Waals surface area contributed by atoms with E-state index in [0.717, 1.165) is 50.3 Å². The van der Waals surface area contributed by atoms with Gasteiger partial charge in [-0.1, -0.05) is 19.1 Å². The smallest absolute Gasteiger partial charge is 0.319 e. The highest BCUT2D eigenvalue weighted by molar-refractivity contribution is 5.92. The first-order valence-electron chi connectivity index (χ1n) is 8.68. The molecule has 25 heavy (non-hydrogen) atoms. The third-order valence-electron chi connectivity index (χ3n) is 4.33. The molecule has 1 aromatic rings. The first-order valence-corrected chi connectivity index (χ1v) is 8.68. The van der Waals surface area contributed by atoms with Gasteiger partial charge in [-0.15, -0.1) is 12.4 Å². The third-order valence-corrected chi connectivity index (χ3v) is 4.33. The number of anilines is 1. The van der Waals surface area contributed by atoms with E-state index in [0.29, 0.717) is 5.92 Å². The van der Waals surface area contributed by atoms with Crippen LogP contribution >= 0.6 is 12.4 Å². The second-order valence-electron chi connectivity index (χ2n) is 6.31. The van der Waals surface area contributed by atoms with Gasteiger partial charge in [0.25, 0.3) is 0 Å². The molecule has 0 aliphatic carbocycles. The van der Waals surface area contributed by atoms with Gasteiger partial charge in [0, 0.05) is 18.8 Å². The monoisotopic (exact) mass is 368 g/mol. The number of aryl methyl sites for hydroxylation is 1. The number of nitrogens with one attached hydrogen (secondary N) is 3. The van der Waals surface area contributed by atoms with Gasteiger partial charge in [0.1, 0.15) is 0 Å². The second-order valence-corrected chi connectivity index (χ2v) is 6.31. The van der Waals surface area contributed by atoms with Crippen LogP contribution in [0, 0.1) is 12.8 Å². The topological polar surface area (TPSA) is 73.5 Å². The van der Waals surface area contributed by atoms with Crippen LogP contribution in [0.15, 0.2) is 24.3 Å². The molecule has 0 saturated carbocycles. The van der Waals surface area contributed by atoms with Gasteiger partial charge in [0.2, 0.25) is 5.91 Å². The molecule has 140 valence electrons. The maximum absolute atomic E-state index is 12.2. The number of rotatable bonds is 6. The molecule has 0 spiro atoms. The van der Waals surface area contributed by atoms with Crippen LogP contribution in [0.25, 0.3) is 0 Å². The average molecular weight is 369 g/mol. The Bertz CT molecular complexity index is 560. The standard InChI is InChI=1S/C18H28N4O2.ClH/c1-3-19-12-15-7-9-22(10-8-15)17(23)13-20-18(24)21-16-6-4-5-14(2)11-16;/h4-6,11,15,19H,3,7-10,12-13H2,1-2H3,(H2,20,21,24);1H. The molecule has 1 saturated heterocycles. The van der Waals surface area contributed by atoms with Crippen molar-refractivity contribution in [2.24, 2.45) is 5.92 Å². The van der Waals surface area contributed by atoms with Gasteiger partial charge in [-0.25, -0.2) is 4.79 Å². The van der Waals surface area contributed by atoms with Crippen molar-refractivity contribution in [1.82, 2.24) is 15.5 Å². The number of carbonyl (C=O) groups excluding carboxylic acids is 2. The molecule has 1 fully saturated rings. The molecule has 0 radical (unpaired) electrons. The number of urea groups is 1. The van der Waals surface area contributed by atoms with Crippen molar-refractivity contribution in [2.45, 2.75) is 26.7 Å². The fraction of sp³-hybridized carbons (Fsp3) is 0.556. The van der Waals surface area contributed by atoms with E-state index < -0.39 is 0 Å². The molecule has 1 aromatic carbocycles. The van der Waals surface area contributed by atoms with E-state index >= 15 is 0 Å². The van der Waals surface area contributed by atoms with Gasteiger partial charge < -0.3 is 20.9 Å². The maximum atomic E-state index is 12.2. The van der Waals surface area contributed by atoms with Crippen molar-refractivity contribution < 1.29 is 9.59 Å². The van der Waals surface area contributed by atoms with Crippen LogP contribution in [0.1, 0.15) is 25.3 Å². The van der Waals surface area contributed by atoms with E-state index in [1.165, 1.54) is 0 Å². The summed E-state index contributed by atoms with van der Waals surface area (Å²) < 4.78 is 0. The van der Waals surface area contributed by atoms with Gasteiger partial charge in [0.15, 0.2) is 0 Å². The maximum Gasteiger partial charge on any atom is 0.319 e. The zero-order valence-corrected chi connectivity index (χ0v) is 15.8. The number of benzene rings is 1. The molecule has 3 amide bonds. The minimum atomic E-state index is -0.351. The minimum Gasteiger partial charge on any atom is -0.341 e. The predicted octanol–water partition coefficient (Wildman–Crippen LogP) is 2.39. The first-order chi connectivity index (χ1) is 11.6. The summed E-state index contributed by atoms with van der Waals surface area (Å²) in [4.78, 5) is 25.9. The number of halogens is 1. The molecule has 6 nitrogen and oxygen atoms in total. The summed E-state index contributed by atoms with van der Waals surface area (Å²) in [5, 5.41) is 8.74. The first kappa shape index (κ1) is 21.3. The van der Waals surface area contributed by atoms with Crippen LogP contribution in [0.3, 0.4) is 0 Å². The minimum absolute atomic E-state index is 0. The highest BCUT2D eigenvalue weighted by Crippen LogP contribution is 2.16. The Kier molecular flexibility index (Phi) is 9.31. The van der Waals surface area contributed by atoms with E-state index in [9.17, 15) is 9.59 Å². The van der Waals surface area contributed by atoms with Crippen LogP contribution in [0.2, 0.25) is 0 Å². The Hall–Kier alpha value is -1.79. The van der Waals surface area contributed by atoms with Crippen LogP contribution in [-0.2, 0) is 4.79 Å². The van der Waals surface area contributed by atoms with Crippen LogP contribution in [0.4, 0.5) is 10.5 Å². The van der Waals surface area contributed by atoms with Crippen molar-refractivity contribution >= 4 is 30.0 Å². The van der Waals surface area contributed by atoms with E-state index in [-0.39, 0.29) is 30.9 Å².